The predicted molar refractivity (Wildman–Crippen MR) is 76.7 cm³/mol. The zero-order chi connectivity index (χ0) is 14.7. The number of methoxy groups -OCH3 is 1. The standard InChI is InChI=1S/C15H12BrFO3/c1-9-5-3-4-6-12(9)20-13-8-10(16)7-11(17)14(13)15(18)19-2/h3-8H,1-2H3. The summed E-state index contributed by atoms with van der Waals surface area (Å²) in [5.41, 5.74) is 0.655. The molecule has 3 nitrogen and oxygen atoms in total. The minimum atomic E-state index is -0.779. The number of hydrogen-bond acceptors (Lipinski definition) is 3. The van der Waals surface area contributed by atoms with Crippen LogP contribution in [0.25, 0.3) is 0 Å². The number of carbonyl (C=O) groups excluding carboxylic acids is 1. The second-order valence-electron chi connectivity index (χ2n) is 4.12. The molecule has 0 amide bonds. The van der Waals surface area contributed by atoms with Crippen molar-refractivity contribution in [1.82, 2.24) is 0 Å². The van der Waals surface area contributed by atoms with Gasteiger partial charge in [0.05, 0.1) is 7.11 Å². The van der Waals surface area contributed by atoms with Crippen LogP contribution in [0.1, 0.15) is 15.9 Å². The Labute approximate surface area is 124 Å². The molecule has 0 fully saturated rings. The summed E-state index contributed by atoms with van der Waals surface area (Å²) in [5.74, 6) is -0.818. The van der Waals surface area contributed by atoms with Crippen molar-refractivity contribution in [3.63, 3.8) is 0 Å². The van der Waals surface area contributed by atoms with Crippen LogP contribution in [0.15, 0.2) is 40.9 Å². The molecular weight excluding hydrogens is 327 g/mol. The summed E-state index contributed by atoms with van der Waals surface area (Å²) >= 11 is 3.18. The summed E-state index contributed by atoms with van der Waals surface area (Å²) < 4.78 is 24.7. The SMILES string of the molecule is COC(=O)c1c(F)cc(Br)cc1Oc1ccccc1C. The molecule has 0 aliphatic rings. The Balaban J connectivity index is 2.50. The molecule has 0 saturated carbocycles. The molecule has 0 aliphatic heterocycles. The van der Waals surface area contributed by atoms with E-state index in [1.54, 1.807) is 12.1 Å². The topological polar surface area (TPSA) is 35.5 Å². The lowest BCUT2D eigenvalue weighted by molar-refractivity contribution is 0.0592. The number of para-hydroxylation sites is 1. The van der Waals surface area contributed by atoms with Crippen molar-refractivity contribution in [2.24, 2.45) is 0 Å². The van der Waals surface area contributed by atoms with Crippen LogP contribution in [0.3, 0.4) is 0 Å². The molecule has 2 rings (SSSR count). The number of aryl methyl sites for hydroxylation is 1. The molecule has 5 heteroatoms. The van der Waals surface area contributed by atoms with E-state index in [0.717, 1.165) is 5.56 Å². The van der Waals surface area contributed by atoms with Crippen LogP contribution in [-0.2, 0) is 4.74 Å². The zero-order valence-corrected chi connectivity index (χ0v) is 12.5. The highest BCUT2D eigenvalue weighted by Gasteiger charge is 2.20. The number of rotatable bonds is 3. The van der Waals surface area contributed by atoms with E-state index in [1.807, 2.05) is 19.1 Å². The third-order valence-corrected chi connectivity index (χ3v) is 3.18. The molecule has 0 saturated heterocycles. The monoisotopic (exact) mass is 338 g/mol. The minimum Gasteiger partial charge on any atom is -0.465 e. The van der Waals surface area contributed by atoms with Gasteiger partial charge in [0.2, 0.25) is 0 Å². The summed E-state index contributed by atoms with van der Waals surface area (Å²) in [4.78, 5) is 11.7. The number of ether oxygens (including phenoxy) is 2. The fraction of sp³-hybridized carbons (Fsp3) is 0.133. The molecule has 0 spiro atoms. The Kier molecular flexibility index (Phi) is 4.39. The van der Waals surface area contributed by atoms with Gasteiger partial charge in [-0.15, -0.1) is 0 Å². The van der Waals surface area contributed by atoms with Crippen LogP contribution in [0.4, 0.5) is 4.39 Å². The molecule has 0 unspecified atom stereocenters. The predicted octanol–water partition coefficient (Wildman–Crippen LogP) is 4.48. The molecular formula is C15H12BrFO3. The zero-order valence-electron chi connectivity index (χ0n) is 10.9. The van der Waals surface area contributed by atoms with Gasteiger partial charge in [-0.25, -0.2) is 9.18 Å². The third-order valence-electron chi connectivity index (χ3n) is 2.72. The summed E-state index contributed by atoms with van der Waals surface area (Å²) in [5, 5.41) is 0. The third kappa shape index (κ3) is 2.99. The number of carbonyl (C=O) groups is 1. The number of hydrogen-bond donors (Lipinski definition) is 0. The first-order valence-corrected chi connectivity index (χ1v) is 6.63. The highest BCUT2D eigenvalue weighted by atomic mass is 79.9. The number of benzene rings is 2. The van der Waals surface area contributed by atoms with E-state index >= 15 is 0 Å². The van der Waals surface area contributed by atoms with E-state index in [4.69, 9.17) is 4.74 Å². The van der Waals surface area contributed by atoms with Gasteiger partial charge < -0.3 is 9.47 Å². The van der Waals surface area contributed by atoms with Crippen LogP contribution in [0.5, 0.6) is 11.5 Å². The van der Waals surface area contributed by atoms with Crippen molar-refractivity contribution >= 4 is 21.9 Å². The molecule has 0 aliphatic carbocycles. The average molecular weight is 339 g/mol. The fourth-order valence-electron chi connectivity index (χ4n) is 1.72. The maximum absolute atomic E-state index is 13.9. The molecule has 20 heavy (non-hydrogen) atoms. The van der Waals surface area contributed by atoms with Gasteiger partial charge in [0.1, 0.15) is 22.9 Å². The Morgan fingerprint density at radius 2 is 1.90 bits per heavy atom. The van der Waals surface area contributed by atoms with Crippen molar-refractivity contribution in [3.05, 3.63) is 57.8 Å². The van der Waals surface area contributed by atoms with Crippen LogP contribution >= 0.6 is 15.9 Å². The van der Waals surface area contributed by atoms with Gasteiger partial charge in [0, 0.05) is 4.47 Å². The summed E-state index contributed by atoms with van der Waals surface area (Å²) in [6.45, 7) is 1.86. The first-order chi connectivity index (χ1) is 9.52. The molecule has 0 radical (unpaired) electrons. The average Bonchev–Trinajstić information content (AvgIpc) is 2.40. The Bertz CT molecular complexity index is 656. The van der Waals surface area contributed by atoms with E-state index in [9.17, 15) is 9.18 Å². The second-order valence-corrected chi connectivity index (χ2v) is 5.04. The summed E-state index contributed by atoms with van der Waals surface area (Å²) in [7, 11) is 1.20. The number of esters is 1. The van der Waals surface area contributed by atoms with Crippen LogP contribution in [0, 0.1) is 12.7 Å². The van der Waals surface area contributed by atoms with Gasteiger partial charge >= 0.3 is 5.97 Å². The van der Waals surface area contributed by atoms with Crippen molar-refractivity contribution < 1.29 is 18.7 Å². The van der Waals surface area contributed by atoms with E-state index < -0.39 is 11.8 Å². The first kappa shape index (κ1) is 14.5. The maximum atomic E-state index is 13.9. The molecule has 0 atom stereocenters. The quantitative estimate of drug-likeness (QED) is 0.774. The molecule has 0 heterocycles. The van der Waals surface area contributed by atoms with Gasteiger partial charge in [-0.05, 0) is 30.7 Å². The van der Waals surface area contributed by atoms with E-state index in [-0.39, 0.29) is 11.3 Å². The fourth-order valence-corrected chi connectivity index (χ4v) is 2.13. The van der Waals surface area contributed by atoms with Gasteiger partial charge in [-0.1, -0.05) is 34.1 Å². The van der Waals surface area contributed by atoms with Crippen molar-refractivity contribution in [3.8, 4) is 11.5 Å². The largest absolute Gasteiger partial charge is 0.465 e. The molecule has 0 N–H and O–H groups in total. The smallest absolute Gasteiger partial charge is 0.344 e. The first-order valence-electron chi connectivity index (χ1n) is 5.83. The van der Waals surface area contributed by atoms with Gasteiger partial charge in [-0.2, -0.15) is 0 Å². The maximum Gasteiger partial charge on any atom is 0.344 e. The lowest BCUT2D eigenvalue weighted by atomic mass is 10.1. The van der Waals surface area contributed by atoms with E-state index in [0.29, 0.717) is 10.2 Å². The van der Waals surface area contributed by atoms with E-state index in [1.165, 1.54) is 19.2 Å². The molecule has 0 bridgehead atoms. The lowest BCUT2D eigenvalue weighted by Gasteiger charge is -2.13. The Hall–Kier alpha value is -1.88. The van der Waals surface area contributed by atoms with Crippen LogP contribution in [-0.4, -0.2) is 13.1 Å². The van der Waals surface area contributed by atoms with Crippen molar-refractivity contribution in [2.45, 2.75) is 6.92 Å². The molecule has 104 valence electrons. The summed E-state index contributed by atoms with van der Waals surface area (Å²) in [6.07, 6.45) is 0. The minimum absolute atomic E-state index is 0.109. The van der Waals surface area contributed by atoms with Crippen molar-refractivity contribution in [1.29, 1.82) is 0 Å². The molecule has 2 aromatic rings. The van der Waals surface area contributed by atoms with Gasteiger partial charge in [0.15, 0.2) is 0 Å². The Morgan fingerprint density at radius 1 is 1.20 bits per heavy atom. The Morgan fingerprint density at radius 3 is 2.55 bits per heavy atom. The lowest BCUT2D eigenvalue weighted by Crippen LogP contribution is -2.07. The van der Waals surface area contributed by atoms with E-state index in [2.05, 4.69) is 20.7 Å². The van der Waals surface area contributed by atoms with Crippen molar-refractivity contribution in [2.75, 3.05) is 7.11 Å². The summed E-state index contributed by atoms with van der Waals surface area (Å²) in [6, 6.07) is 9.99. The van der Waals surface area contributed by atoms with Crippen LogP contribution in [0.2, 0.25) is 0 Å². The van der Waals surface area contributed by atoms with Gasteiger partial charge in [-0.3, -0.25) is 0 Å². The normalized spacial score (nSPS) is 10.2. The van der Waals surface area contributed by atoms with Crippen LogP contribution < -0.4 is 4.74 Å². The van der Waals surface area contributed by atoms with Gasteiger partial charge in [0.25, 0.3) is 0 Å². The highest BCUT2D eigenvalue weighted by Crippen LogP contribution is 2.32. The number of halogens is 2. The second kappa shape index (κ2) is 6.05. The highest BCUT2D eigenvalue weighted by molar-refractivity contribution is 9.10. The molecule has 0 aromatic heterocycles. The molecule has 2 aromatic carbocycles.